The van der Waals surface area contributed by atoms with Crippen molar-refractivity contribution in [2.45, 2.75) is 52.0 Å². The molecular formula is C14H24N4. The van der Waals surface area contributed by atoms with Crippen molar-refractivity contribution in [2.24, 2.45) is 0 Å². The summed E-state index contributed by atoms with van der Waals surface area (Å²) >= 11 is 0. The monoisotopic (exact) mass is 248 g/mol. The quantitative estimate of drug-likeness (QED) is 0.889. The van der Waals surface area contributed by atoms with E-state index in [0.29, 0.717) is 6.04 Å². The number of anilines is 2. The largest absolute Gasteiger partial charge is 0.373 e. The summed E-state index contributed by atoms with van der Waals surface area (Å²) in [5, 5.41) is 3.14. The molecule has 1 aliphatic rings. The number of aryl methyl sites for hydroxylation is 1. The molecule has 100 valence electrons. The molecule has 4 nitrogen and oxygen atoms in total. The molecule has 0 aromatic carbocycles. The van der Waals surface area contributed by atoms with Gasteiger partial charge in [0.25, 0.3) is 0 Å². The Morgan fingerprint density at radius 1 is 1.33 bits per heavy atom. The van der Waals surface area contributed by atoms with E-state index in [1.54, 1.807) is 0 Å². The molecule has 0 spiro atoms. The van der Waals surface area contributed by atoms with Crippen LogP contribution < -0.4 is 10.2 Å². The normalized spacial score (nSPS) is 19.9. The number of aromatic nitrogens is 2. The molecule has 4 heteroatoms. The van der Waals surface area contributed by atoms with E-state index in [4.69, 9.17) is 4.98 Å². The van der Waals surface area contributed by atoms with Crippen LogP contribution in [0.15, 0.2) is 6.07 Å². The highest BCUT2D eigenvalue weighted by atomic mass is 15.2. The van der Waals surface area contributed by atoms with Gasteiger partial charge in [-0.05, 0) is 25.7 Å². The van der Waals surface area contributed by atoms with Crippen LogP contribution in [0.5, 0.6) is 0 Å². The number of hydrogen-bond acceptors (Lipinski definition) is 4. The van der Waals surface area contributed by atoms with Gasteiger partial charge < -0.3 is 10.2 Å². The Bertz CT molecular complexity index is 369. The molecule has 1 atom stereocenters. The molecule has 2 heterocycles. The maximum atomic E-state index is 4.70. The molecule has 1 aromatic heterocycles. The maximum absolute atomic E-state index is 4.70. The van der Waals surface area contributed by atoms with E-state index in [1.807, 2.05) is 7.05 Å². The average Bonchev–Trinajstić information content (AvgIpc) is 2.46. The summed E-state index contributed by atoms with van der Waals surface area (Å²) in [6.07, 6.45) is 5.99. The molecule has 1 saturated heterocycles. The minimum absolute atomic E-state index is 0.642. The highest BCUT2D eigenvalue weighted by Gasteiger charge is 2.22. The molecule has 0 amide bonds. The summed E-state index contributed by atoms with van der Waals surface area (Å²) in [4.78, 5) is 11.6. The summed E-state index contributed by atoms with van der Waals surface area (Å²) in [5.74, 6) is 2.95. The molecule has 1 N–H and O–H groups in total. The summed E-state index contributed by atoms with van der Waals surface area (Å²) < 4.78 is 0. The van der Waals surface area contributed by atoms with Crippen molar-refractivity contribution in [3.05, 3.63) is 11.9 Å². The van der Waals surface area contributed by atoms with Gasteiger partial charge in [-0.3, -0.25) is 0 Å². The summed E-state index contributed by atoms with van der Waals surface area (Å²) in [6.45, 7) is 5.50. The molecule has 1 aromatic rings. The van der Waals surface area contributed by atoms with Gasteiger partial charge in [-0.15, -0.1) is 0 Å². The lowest BCUT2D eigenvalue weighted by Gasteiger charge is -2.36. The minimum Gasteiger partial charge on any atom is -0.373 e. The second kappa shape index (κ2) is 6.03. The van der Waals surface area contributed by atoms with Gasteiger partial charge in [0.1, 0.15) is 17.5 Å². The topological polar surface area (TPSA) is 41.1 Å². The van der Waals surface area contributed by atoms with Crippen LogP contribution in [0.2, 0.25) is 0 Å². The molecule has 0 radical (unpaired) electrons. The van der Waals surface area contributed by atoms with E-state index in [9.17, 15) is 0 Å². The maximum Gasteiger partial charge on any atom is 0.134 e. The van der Waals surface area contributed by atoms with Crippen molar-refractivity contribution in [1.29, 1.82) is 0 Å². The Kier molecular flexibility index (Phi) is 4.39. The number of piperidine rings is 1. The van der Waals surface area contributed by atoms with Crippen molar-refractivity contribution in [1.82, 2.24) is 9.97 Å². The van der Waals surface area contributed by atoms with Gasteiger partial charge in [-0.2, -0.15) is 0 Å². The summed E-state index contributed by atoms with van der Waals surface area (Å²) in [6, 6.07) is 2.72. The highest BCUT2D eigenvalue weighted by molar-refractivity contribution is 5.50. The first-order valence-electron chi connectivity index (χ1n) is 7.10. The van der Waals surface area contributed by atoms with Gasteiger partial charge in [-0.25, -0.2) is 9.97 Å². The first-order chi connectivity index (χ1) is 8.78. The van der Waals surface area contributed by atoms with Crippen molar-refractivity contribution in [3.63, 3.8) is 0 Å². The zero-order chi connectivity index (χ0) is 13.0. The van der Waals surface area contributed by atoms with Crippen LogP contribution in [-0.2, 0) is 6.42 Å². The van der Waals surface area contributed by atoms with Gasteiger partial charge in [-0.1, -0.05) is 13.8 Å². The third-order valence-electron chi connectivity index (χ3n) is 3.72. The molecule has 1 aliphatic heterocycles. The van der Waals surface area contributed by atoms with Gasteiger partial charge in [0.05, 0.1) is 0 Å². The van der Waals surface area contributed by atoms with Gasteiger partial charge >= 0.3 is 0 Å². The lowest BCUT2D eigenvalue weighted by Crippen LogP contribution is -2.39. The third kappa shape index (κ3) is 2.74. The Morgan fingerprint density at radius 3 is 2.83 bits per heavy atom. The van der Waals surface area contributed by atoms with E-state index in [-0.39, 0.29) is 0 Å². The highest BCUT2D eigenvalue weighted by Crippen LogP contribution is 2.26. The second-order valence-corrected chi connectivity index (χ2v) is 4.88. The molecule has 0 bridgehead atoms. The Morgan fingerprint density at radius 2 is 2.17 bits per heavy atom. The van der Waals surface area contributed by atoms with E-state index in [2.05, 4.69) is 35.1 Å². The van der Waals surface area contributed by atoms with Crippen molar-refractivity contribution < 1.29 is 0 Å². The molecule has 1 unspecified atom stereocenters. The first kappa shape index (κ1) is 13.1. The number of nitrogens with one attached hydrogen (secondary N) is 1. The fourth-order valence-electron chi connectivity index (χ4n) is 2.64. The number of hydrogen-bond donors (Lipinski definition) is 1. The fourth-order valence-corrected chi connectivity index (χ4v) is 2.64. The Balaban J connectivity index is 2.29. The molecule has 0 aliphatic carbocycles. The van der Waals surface area contributed by atoms with Crippen LogP contribution >= 0.6 is 0 Å². The van der Waals surface area contributed by atoms with E-state index in [0.717, 1.165) is 30.4 Å². The molecule has 2 rings (SSSR count). The standard InChI is InChI=1S/C14H24N4/c1-4-11-8-6-7-9-18(11)14-10-13(15-3)16-12(5-2)17-14/h10-11H,4-9H2,1-3H3,(H,15,16,17). The van der Waals surface area contributed by atoms with Crippen molar-refractivity contribution in [2.75, 3.05) is 23.8 Å². The zero-order valence-electron chi connectivity index (χ0n) is 11.7. The molecule has 0 saturated carbocycles. The van der Waals surface area contributed by atoms with Gasteiger partial charge in [0.15, 0.2) is 0 Å². The average molecular weight is 248 g/mol. The fraction of sp³-hybridized carbons (Fsp3) is 0.714. The smallest absolute Gasteiger partial charge is 0.134 e. The van der Waals surface area contributed by atoms with Gasteiger partial charge in [0.2, 0.25) is 0 Å². The molecule has 1 fully saturated rings. The summed E-state index contributed by atoms with van der Waals surface area (Å²) in [7, 11) is 1.92. The first-order valence-corrected chi connectivity index (χ1v) is 7.10. The Labute approximate surface area is 110 Å². The van der Waals surface area contributed by atoms with Crippen LogP contribution in [0.4, 0.5) is 11.6 Å². The third-order valence-corrected chi connectivity index (χ3v) is 3.72. The van der Waals surface area contributed by atoms with Crippen LogP contribution in [0.1, 0.15) is 45.4 Å². The predicted molar refractivity (Wildman–Crippen MR) is 76.2 cm³/mol. The van der Waals surface area contributed by atoms with E-state index >= 15 is 0 Å². The van der Waals surface area contributed by atoms with Crippen LogP contribution in [-0.4, -0.2) is 29.6 Å². The number of rotatable bonds is 4. The summed E-state index contributed by atoms with van der Waals surface area (Å²) in [5.41, 5.74) is 0. The zero-order valence-corrected chi connectivity index (χ0v) is 11.7. The SMILES string of the molecule is CCc1nc(NC)cc(N2CCCCC2CC)n1. The predicted octanol–water partition coefficient (Wildman–Crippen LogP) is 2.85. The van der Waals surface area contributed by atoms with Crippen molar-refractivity contribution >= 4 is 11.6 Å². The minimum atomic E-state index is 0.642. The second-order valence-electron chi connectivity index (χ2n) is 4.88. The lowest BCUT2D eigenvalue weighted by molar-refractivity contribution is 0.446. The van der Waals surface area contributed by atoms with Crippen LogP contribution in [0.3, 0.4) is 0 Å². The van der Waals surface area contributed by atoms with E-state index < -0.39 is 0 Å². The van der Waals surface area contributed by atoms with Crippen LogP contribution in [0.25, 0.3) is 0 Å². The molecular weight excluding hydrogens is 224 g/mol. The van der Waals surface area contributed by atoms with Crippen LogP contribution in [0, 0.1) is 0 Å². The number of nitrogens with zero attached hydrogens (tertiary/aromatic N) is 3. The Hall–Kier alpha value is -1.32. The van der Waals surface area contributed by atoms with Crippen molar-refractivity contribution in [3.8, 4) is 0 Å². The molecule has 18 heavy (non-hydrogen) atoms. The van der Waals surface area contributed by atoms with Gasteiger partial charge in [0, 0.05) is 32.1 Å². The van der Waals surface area contributed by atoms with E-state index in [1.165, 1.54) is 25.7 Å². The lowest BCUT2D eigenvalue weighted by atomic mass is 10.00.